The Hall–Kier alpha value is -2.15. The summed E-state index contributed by atoms with van der Waals surface area (Å²) in [6, 6.07) is 7.18. The molecule has 0 aliphatic heterocycles. The lowest BCUT2D eigenvalue weighted by Crippen LogP contribution is -2.36. The molecule has 2 amide bonds. The summed E-state index contributed by atoms with van der Waals surface area (Å²) >= 11 is 1.38. The lowest BCUT2D eigenvalue weighted by atomic mass is 10.1. The van der Waals surface area contributed by atoms with Crippen LogP contribution in [-0.4, -0.2) is 28.6 Å². The maximum absolute atomic E-state index is 11.7. The zero-order valence-electron chi connectivity index (χ0n) is 10.5. The molecule has 1 fully saturated rings. The zero-order valence-corrected chi connectivity index (χ0v) is 11.4. The topological polar surface area (TPSA) is 91.3 Å². The number of hydrogen-bond donors (Lipinski definition) is 3. The second-order valence-electron chi connectivity index (χ2n) is 4.88. The number of carboxylic acid groups (broad SMARTS) is 1. The Kier molecular flexibility index (Phi) is 3.06. The van der Waals surface area contributed by atoms with E-state index in [0.29, 0.717) is 18.0 Å². The van der Waals surface area contributed by atoms with Crippen molar-refractivity contribution in [2.24, 2.45) is 5.41 Å². The number of carbonyl (C=O) groups excluding carboxylic acids is 1. The highest BCUT2D eigenvalue weighted by Gasteiger charge is 2.50. The molecule has 7 heteroatoms. The first-order valence-corrected chi connectivity index (χ1v) is 7.05. The number of fused-ring (bicyclic) bond motifs is 1. The van der Waals surface area contributed by atoms with Crippen LogP contribution in [0.1, 0.15) is 12.8 Å². The number of nitrogens with zero attached hydrogens (tertiary/aromatic N) is 1. The third-order valence-electron chi connectivity index (χ3n) is 3.41. The third kappa shape index (κ3) is 2.44. The van der Waals surface area contributed by atoms with Crippen molar-refractivity contribution in [2.45, 2.75) is 12.8 Å². The maximum atomic E-state index is 11.7. The number of rotatable bonds is 4. The van der Waals surface area contributed by atoms with E-state index in [1.54, 1.807) is 0 Å². The second kappa shape index (κ2) is 4.75. The quantitative estimate of drug-likeness (QED) is 0.806. The van der Waals surface area contributed by atoms with Gasteiger partial charge < -0.3 is 10.4 Å². The molecular formula is C13H13N3O3S. The van der Waals surface area contributed by atoms with Crippen LogP contribution >= 0.6 is 11.3 Å². The highest BCUT2D eigenvalue weighted by Crippen LogP contribution is 2.45. The number of carboxylic acids is 1. The van der Waals surface area contributed by atoms with E-state index in [2.05, 4.69) is 15.6 Å². The van der Waals surface area contributed by atoms with E-state index in [0.717, 1.165) is 10.2 Å². The number of thiazole rings is 1. The molecule has 0 saturated heterocycles. The van der Waals surface area contributed by atoms with Crippen LogP contribution in [0, 0.1) is 5.41 Å². The van der Waals surface area contributed by atoms with E-state index in [9.17, 15) is 9.59 Å². The van der Waals surface area contributed by atoms with E-state index in [1.807, 2.05) is 24.3 Å². The van der Waals surface area contributed by atoms with Crippen molar-refractivity contribution in [2.75, 3.05) is 11.9 Å². The van der Waals surface area contributed by atoms with Crippen LogP contribution in [0.4, 0.5) is 9.93 Å². The fourth-order valence-electron chi connectivity index (χ4n) is 1.93. The van der Waals surface area contributed by atoms with Gasteiger partial charge in [0.2, 0.25) is 0 Å². The van der Waals surface area contributed by atoms with Crippen LogP contribution < -0.4 is 10.6 Å². The number of hydrogen-bond acceptors (Lipinski definition) is 4. The predicted molar refractivity (Wildman–Crippen MR) is 75.9 cm³/mol. The van der Waals surface area contributed by atoms with Gasteiger partial charge in [-0.15, -0.1) is 0 Å². The first kappa shape index (κ1) is 12.9. The van der Waals surface area contributed by atoms with E-state index in [-0.39, 0.29) is 6.54 Å². The first-order valence-electron chi connectivity index (χ1n) is 6.23. The van der Waals surface area contributed by atoms with Gasteiger partial charge in [-0.05, 0) is 25.0 Å². The average Bonchev–Trinajstić information content (AvgIpc) is 3.11. The maximum Gasteiger partial charge on any atom is 0.321 e. The fraction of sp³-hybridized carbons (Fsp3) is 0.308. The molecule has 1 aliphatic carbocycles. The van der Waals surface area contributed by atoms with Crippen LogP contribution in [0.15, 0.2) is 24.3 Å². The monoisotopic (exact) mass is 291 g/mol. The Labute approximate surface area is 118 Å². The minimum atomic E-state index is -0.849. The van der Waals surface area contributed by atoms with Gasteiger partial charge in [-0.3, -0.25) is 10.1 Å². The smallest absolute Gasteiger partial charge is 0.321 e. The summed E-state index contributed by atoms with van der Waals surface area (Å²) in [6.07, 6.45) is 1.23. The molecule has 3 rings (SSSR count). The lowest BCUT2D eigenvalue weighted by molar-refractivity contribution is -0.143. The molecule has 1 aliphatic rings. The molecule has 0 atom stereocenters. The summed E-state index contributed by atoms with van der Waals surface area (Å²) < 4.78 is 0.993. The standard InChI is InChI=1S/C13H13N3O3S/c17-10(18)13(5-6-13)7-14-11(19)16-12-15-8-3-1-2-4-9(8)20-12/h1-4H,5-7H2,(H,17,18)(H2,14,15,16,19). The minimum absolute atomic E-state index is 0.152. The number of carbonyl (C=O) groups is 2. The van der Waals surface area contributed by atoms with E-state index in [4.69, 9.17) is 5.11 Å². The van der Waals surface area contributed by atoms with E-state index < -0.39 is 17.4 Å². The molecule has 0 bridgehead atoms. The van der Waals surface area contributed by atoms with Gasteiger partial charge in [-0.2, -0.15) is 0 Å². The molecular weight excluding hydrogens is 278 g/mol. The number of nitrogens with one attached hydrogen (secondary N) is 2. The molecule has 1 saturated carbocycles. The number of benzene rings is 1. The van der Waals surface area contributed by atoms with Gasteiger partial charge in [0, 0.05) is 6.54 Å². The molecule has 0 unspecified atom stereocenters. The summed E-state index contributed by atoms with van der Waals surface area (Å²) in [5, 5.41) is 14.8. The number of para-hydroxylation sites is 1. The van der Waals surface area contributed by atoms with Gasteiger partial charge in [0.1, 0.15) is 0 Å². The molecule has 0 radical (unpaired) electrons. The number of aliphatic carboxylic acids is 1. The Balaban J connectivity index is 1.60. The Morgan fingerprint density at radius 3 is 2.75 bits per heavy atom. The number of anilines is 1. The Morgan fingerprint density at radius 1 is 1.35 bits per heavy atom. The molecule has 3 N–H and O–H groups in total. The summed E-state index contributed by atoms with van der Waals surface area (Å²) in [5.74, 6) is -0.849. The third-order valence-corrected chi connectivity index (χ3v) is 4.36. The van der Waals surface area contributed by atoms with Crippen LogP contribution in [-0.2, 0) is 4.79 Å². The van der Waals surface area contributed by atoms with E-state index in [1.165, 1.54) is 11.3 Å². The van der Waals surface area contributed by atoms with Gasteiger partial charge >= 0.3 is 12.0 Å². The van der Waals surface area contributed by atoms with Crippen LogP contribution in [0.25, 0.3) is 10.2 Å². The minimum Gasteiger partial charge on any atom is -0.481 e. The second-order valence-corrected chi connectivity index (χ2v) is 5.91. The van der Waals surface area contributed by atoms with Gasteiger partial charge in [0.25, 0.3) is 0 Å². The molecule has 6 nitrogen and oxygen atoms in total. The molecule has 104 valence electrons. The first-order chi connectivity index (χ1) is 9.59. The van der Waals surface area contributed by atoms with E-state index >= 15 is 0 Å². The molecule has 1 aromatic heterocycles. The van der Waals surface area contributed by atoms with Crippen LogP contribution in [0.5, 0.6) is 0 Å². The molecule has 1 aromatic carbocycles. The van der Waals surface area contributed by atoms with Crippen LogP contribution in [0.2, 0.25) is 0 Å². The van der Waals surface area contributed by atoms with Crippen molar-refractivity contribution < 1.29 is 14.7 Å². The van der Waals surface area contributed by atoms with Crippen molar-refractivity contribution in [3.8, 4) is 0 Å². The highest BCUT2D eigenvalue weighted by molar-refractivity contribution is 7.22. The van der Waals surface area contributed by atoms with Crippen molar-refractivity contribution >= 4 is 38.7 Å². The molecule has 20 heavy (non-hydrogen) atoms. The summed E-state index contributed by atoms with van der Waals surface area (Å²) in [7, 11) is 0. The van der Waals surface area contributed by atoms with Crippen molar-refractivity contribution in [3.63, 3.8) is 0 Å². The van der Waals surface area contributed by atoms with Gasteiger partial charge in [0.05, 0.1) is 15.6 Å². The summed E-state index contributed by atoms with van der Waals surface area (Å²) in [5.41, 5.74) is 0.0716. The predicted octanol–water partition coefficient (Wildman–Crippen LogP) is 2.28. The van der Waals surface area contributed by atoms with Crippen molar-refractivity contribution in [1.29, 1.82) is 0 Å². The summed E-state index contributed by atoms with van der Waals surface area (Å²) in [6.45, 7) is 0.152. The average molecular weight is 291 g/mol. The van der Waals surface area contributed by atoms with Crippen molar-refractivity contribution in [3.05, 3.63) is 24.3 Å². The Bertz CT molecular complexity index is 645. The Morgan fingerprint density at radius 2 is 2.10 bits per heavy atom. The van der Waals surface area contributed by atoms with Gasteiger partial charge in [0.15, 0.2) is 5.13 Å². The molecule has 2 aromatic rings. The molecule has 0 spiro atoms. The summed E-state index contributed by atoms with van der Waals surface area (Å²) in [4.78, 5) is 27.0. The highest BCUT2D eigenvalue weighted by atomic mass is 32.1. The number of amides is 2. The molecule has 1 heterocycles. The van der Waals surface area contributed by atoms with Gasteiger partial charge in [-0.1, -0.05) is 23.5 Å². The van der Waals surface area contributed by atoms with Crippen molar-refractivity contribution in [1.82, 2.24) is 10.3 Å². The van der Waals surface area contributed by atoms with Gasteiger partial charge in [-0.25, -0.2) is 9.78 Å². The SMILES string of the molecule is O=C(NCC1(C(=O)O)CC1)Nc1nc2ccccc2s1. The zero-order chi connectivity index (χ0) is 14.2. The number of urea groups is 1. The largest absolute Gasteiger partial charge is 0.481 e. The lowest BCUT2D eigenvalue weighted by Gasteiger charge is -2.10. The fourth-order valence-corrected chi connectivity index (χ4v) is 2.79. The number of aromatic nitrogens is 1. The van der Waals surface area contributed by atoms with Crippen LogP contribution in [0.3, 0.4) is 0 Å². The normalized spacial score (nSPS) is 15.8.